The van der Waals surface area contributed by atoms with Gasteiger partial charge in [0.2, 0.25) is 0 Å². The second-order valence-electron chi connectivity index (χ2n) is 4.27. The van der Waals surface area contributed by atoms with E-state index in [1.807, 2.05) is 6.92 Å². The third kappa shape index (κ3) is 4.37. The van der Waals surface area contributed by atoms with E-state index in [1.54, 1.807) is 38.1 Å². The predicted octanol–water partition coefficient (Wildman–Crippen LogP) is 2.24. The number of carboxylic acid groups (broad SMARTS) is 1. The molecule has 2 atom stereocenters. The lowest BCUT2D eigenvalue weighted by atomic mass is 10.0. The molecule has 0 aliphatic heterocycles. The van der Waals surface area contributed by atoms with E-state index in [4.69, 9.17) is 9.84 Å². The summed E-state index contributed by atoms with van der Waals surface area (Å²) < 4.78 is 5.18. The van der Waals surface area contributed by atoms with Gasteiger partial charge < -0.3 is 15.2 Å². The number of nitrogens with one attached hydrogen (secondary N) is 1. The van der Waals surface area contributed by atoms with Crippen molar-refractivity contribution in [1.29, 1.82) is 0 Å². The Morgan fingerprint density at radius 2 is 1.84 bits per heavy atom. The molecular weight excluding hydrogens is 246 g/mol. The first-order valence-electron chi connectivity index (χ1n) is 6.21. The molecule has 0 aromatic heterocycles. The Morgan fingerprint density at radius 1 is 1.26 bits per heavy atom. The van der Waals surface area contributed by atoms with Crippen LogP contribution in [0, 0.1) is 0 Å². The van der Waals surface area contributed by atoms with Crippen LogP contribution in [0.15, 0.2) is 24.3 Å². The van der Waals surface area contributed by atoms with Gasteiger partial charge in [0.25, 0.3) is 5.91 Å². The molecular formula is C14H19NO4. The molecule has 0 fully saturated rings. The molecule has 19 heavy (non-hydrogen) atoms. The standard InChI is InChI=1S/C14H19NO4/c1-4-19-10(3)13(16)15-12-7-5-11(6-8-12)9(2)14(17)18/h5-10H,4H2,1-3H3,(H,15,16)(H,17,18). The van der Waals surface area contributed by atoms with Crippen LogP contribution >= 0.6 is 0 Å². The third-order valence-electron chi connectivity index (χ3n) is 2.83. The Kier molecular flexibility index (Phi) is 5.51. The van der Waals surface area contributed by atoms with Crippen molar-refractivity contribution in [2.24, 2.45) is 0 Å². The topological polar surface area (TPSA) is 75.6 Å². The van der Waals surface area contributed by atoms with E-state index in [9.17, 15) is 9.59 Å². The molecule has 0 spiro atoms. The van der Waals surface area contributed by atoms with E-state index in [0.717, 1.165) is 0 Å². The zero-order valence-corrected chi connectivity index (χ0v) is 11.3. The largest absolute Gasteiger partial charge is 0.481 e. The fourth-order valence-corrected chi connectivity index (χ4v) is 1.57. The molecule has 5 heteroatoms. The fourth-order valence-electron chi connectivity index (χ4n) is 1.57. The zero-order chi connectivity index (χ0) is 14.4. The molecule has 2 unspecified atom stereocenters. The highest BCUT2D eigenvalue weighted by Gasteiger charge is 2.15. The normalized spacial score (nSPS) is 13.6. The summed E-state index contributed by atoms with van der Waals surface area (Å²) in [5.41, 5.74) is 1.32. The number of carboxylic acids is 1. The summed E-state index contributed by atoms with van der Waals surface area (Å²) in [5, 5.41) is 11.6. The molecule has 1 aromatic rings. The lowest BCUT2D eigenvalue weighted by Gasteiger charge is -2.13. The average Bonchev–Trinajstić information content (AvgIpc) is 2.38. The van der Waals surface area contributed by atoms with Crippen LogP contribution < -0.4 is 5.32 Å². The second-order valence-corrected chi connectivity index (χ2v) is 4.27. The number of aliphatic carboxylic acids is 1. The molecule has 0 aliphatic carbocycles. The van der Waals surface area contributed by atoms with E-state index < -0.39 is 18.0 Å². The number of amides is 1. The minimum absolute atomic E-state index is 0.221. The Hall–Kier alpha value is -1.88. The molecule has 0 heterocycles. The Morgan fingerprint density at radius 3 is 2.32 bits per heavy atom. The van der Waals surface area contributed by atoms with Gasteiger partial charge in [-0.1, -0.05) is 12.1 Å². The van der Waals surface area contributed by atoms with Crippen LogP contribution in [-0.2, 0) is 14.3 Å². The minimum atomic E-state index is -0.873. The fraction of sp³-hybridized carbons (Fsp3) is 0.429. The second kappa shape index (κ2) is 6.89. The summed E-state index contributed by atoms with van der Waals surface area (Å²) in [7, 11) is 0. The van der Waals surface area contributed by atoms with E-state index in [-0.39, 0.29) is 5.91 Å². The monoisotopic (exact) mass is 265 g/mol. The quantitative estimate of drug-likeness (QED) is 0.827. The van der Waals surface area contributed by atoms with Gasteiger partial charge in [0.1, 0.15) is 6.10 Å². The summed E-state index contributed by atoms with van der Waals surface area (Å²) in [6.07, 6.45) is -0.511. The first kappa shape index (κ1) is 15.2. The van der Waals surface area contributed by atoms with Gasteiger partial charge in [0.05, 0.1) is 5.92 Å². The molecule has 0 bridgehead atoms. The lowest BCUT2D eigenvalue weighted by Crippen LogP contribution is -2.27. The smallest absolute Gasteiger partial charge is 0.310 e. The predicted molar refractivity (Wildman–Crippen MR) is 72.2 cm³/mol. The minimum Gasteiger partial charge on any atom is -0.481 e. The van der Waals surface area contributed by atoms with Crippen LogP contribution in [0.25, 0.3) is 0 Å². The molecule has 1 amide bonds. The molecule has 0 saturated carbocycles. The summed E-state index contributed by atoms with van der Waals surface area (Å²) in [4.78, 5) is 22.5. The molecule has 1 rings (SSSR count). The molecule has 5 nitrogen and oxygen atoms in total. The molecule has 104 valence electrons. The van der Waals surface area contributed by atoms with Gasteiger partial charge in [-0.25, -0.2) is 0 Å². The number of ether oxygens (including phenoxy) is 1. The molecule has 1 aromatic carbocycles. The first-order chi connectivity index (χ1) is 8.95. The SMILES string of the molecule is CCOC(C)C(=O)Nc1ccc(C(C)C(=O)O)cc1. The summed E-state index contributed by atoms with van der Waals surface area (Å²) in [6.45, 7) is 5.60. The summed E-state index contributed by atoms with van der Waals surface area (Å²) in [5.74, 6) is -1.66. The van der Waals surface area contributed by atoms with Crippen LogP contribution in [0.1, 0.15) is 32.3 Å². The van der Waals surface area contributed by atoms with E-state index in [2.05, 4.69) is 5.32 Å². The maximum absolute atomic E-state index is 11.7. The van der Waals surface area contributed by atoms with E-state index in [1.165, 1.54) is 0 Å². The van der Waals surface area contributed by atoms with Crippen molar-refractivity contribution in [3.8, 4) is 0 Å². The maximum Gasteiger partial charge on any atom is 0.310 e. The average molecular weight is 265 g/mol. The van der Waals surface area contributed by atoms with Gasteiger partial charge in [0, 0.05) is 12.3 Å². The van der Waals surface area contributed by atoms with Crippen molar-refractivity contribution in [1.82, 2.24) is 0 Å². The van der Waals surface area contributed by atoms with Gasteiger partial charge in [-0.2, -0.15) is 0 Å². The van der Waals surface area contributed by atoms with Gasteiger partial charge >= 0.3 is 5.97 Å². The van der Waals surface area contributed by atoms with Gasteiger partial charge in [-0.15, -0.1) is 0 Å². The zero-order valence-electron chi connectivity index (χ0n) is 11.3. The molecule has 0 aliphatic rings. The van der Waals surface area contributed by atoms with Crippen molar-refractivity contribution >= 4 is 17.6 Å². The van der Waals surface area contributed by atoms with Gasteiger partial charge in [-0.05, 0) is 38.5 Å². The Bertz CT molecular complexity index is 441. The van der Waals surface area contributed by atoms with Crippen molar-refractivity contribution < 1.29 is 19.4 Å². The number of carbonyl (C=O) groups excluding carboxylic acids is 1. The van der Waals surface area contributed by atoms with Crippen molar-refractivity contribution in [2.45, 2.75) is 32.8 Å². The number of anilines is 1. The van der Waals surface area contributed by atoms with Crippen LogP contribution in [0.4, 0.5) is 5.69 Å². The molecule has 2 N–H and O–H groups in total. The van der Waals surface area contributed by atoms with Gasteiger partial charge in [-0.3, -0.25) is 9.59 Å². The lowest BCUT2D eigenvalue weighted by molar-refractivity contribution is -0.138. The van der Waals surface area contributed by atoms with Crippen LogP contribution in [0.2, 0.25) is 0 Å². The number of benzene rings is 1. The van der Waals surface area contributed by atoms with Crippen LogP contribution in [0.3, 0.4) is 0 Å². The Labute approximate surface area is 112 Å². The van der Waals surface area contributed by atoms with Crippen molar-refractivity contribution in [3.63, 3.8) is 0 Å². The third-order valence-corrected chi connectivity index (χ3v) is 2.83. The maximum atomic E-state index is 11.7. The van der Waals surface area contributed by atoms with Crippen molar-refractivity contribution in [2.75, 3.05) is 11.9 Å². The van der Waals surface area contributed by atoms with E-state index in [0.29, 0.717) is 17.9 Å². The highest BCUT2D eigenvalue weighted by molar-refractivity contribution is 5.93. The summed E-state index contributed by atoms with van der Waals surface area (Å²) >= 11 is 0. The number of carbonyl (C=O) groups is 2. The first-order valence-corrected chi connectivity index (χ1v) is 6.21. The highest BCUT2D eigenvalue weighted by Crippen LogP contribution is 2.18. The number of rotatable bonds is 6. The number of hydrogen-bond donors (Lipinski definition) is 2. The molecule has 0 saturated heterocycles. The van der Waals surface area contributed by atoms with Gasteiger partial charge in [0.15, 0.2) is 0 Å². The van der Waals surface area contributed by atoms with E-state index >= 15 is 0 Å². The number of hydrogen-bond acceptors (Lipinski definition) is 3. The van der Waals surface area contributed by atoms with Crippen molar-refractivity contribution in [3.05, 3.63) is 29.8 Å². The molecule has 0 radical (unpaired) electrons. The Balaban J connectivity index is 2.67. The van der Waals surface area contributed by atoms with Crippen LogP contribution in [0.5, 0.6) is 0 Å². The highest BCUT2D eigenvalue weighted by atomic mass is 16.5. The van der Waals surface area contributed by atoms with Crippen LogP contribution in [-0.4, -0.2) is 29.7 Å². The summed E-state index contributed by atoms with van der Waals surface area (Å²) in [6, 6.07) is 6.76.